The SMILES string of the molecule is Cc1nn(C2CCOCC2)cc1CNC1CC1. The summed E-state index contributed by atoms with van der Waals surface area (Å²) >= 11 is 0. The molecule has 0 radical (unpaired) electrons. The first-order valence-corrected chi connectivity index (χ1v) is 6.68. The van der Waals surface area contributed by atoms with Crippen LogP contribution in [-0.2, 0) is 11.3 Å². The van der Waals surface area contributed by atoms with Gasteiger partial charge in [0.2, 0.25) is 0 Å². The number of aryl methyl sites for hydroxylation is 1. The summed E-state index contributed by atoms with van der Waals surface area (Å²) in [6.07, 6.45) is 7.09. The van der Waals surface area contributed by atoms with E-state index in [2.05, 4.69) is 28.2 Å². The Kier molecular flexibility index (Phi) is 3.16. The Balaban J connectivity index is 1.65. The average Bonchev–Trinajstić information content (AvgIpc) is 3.12. The third-order valence-corrected chi connectivity index (χ3v) is 3.74. The summed E-state index contributed by atoms with van der Waals surface area (Å²) in [6, 6.07) is 1.30. The van der Waals surface area contributed by atoms with Gasteiger partial charge in [0.25, 0.3) is 0 Å². The lowest BCUT2D eigenvalue weighted by molar-refractivity contribution is 0.0661. The standard InChI is InChI=1S/C13H21N3O/c1-10-11(8-14-12-2-3-12)9-16(15-10)13-4-6-17-7-5-13/h9,12-14H,2-8H2,1H3. The van der Waals surface area contributed by atoms with E-state index in [1.54, 1.807) is 0 Å². The van der Waals surface area contributed by atoms with Crippen molar-refractivity contribution in [3.8, 4) is 0 Å². The van der Waals surface area contributed by atoms with Crippen LogP contribution in [0.3, 0.4) is 0 Å². The number of aromatic nitrogens is 2. The van der Waals surface area contributed by atoms with Gasteiger partial charge in [0.05, 0.1) is 11.7 Å². The monoisotopic (exact) mass is 235 g/mol. The van der Waals surface area contributed by atoms with Crippen LogP contribution in [0.15, 0.2) is 6.20 Å². The Morgan fingerprint density at radius 2 is 2.12 bits per heavy atom. The van der Waals surface area contributed by atoms with Crippen LogP contribution in [0.5, 0.6) is 0 Å². The second kappa shape index (κ2) is 4.78. The minimum Gasteiger partial charge on any atom is -0.381 e. The van der Waals surface area contributed by atoms with Crippen molar-refractivity contribution in [2.75, 3.05) is 13.2 Å². The van der Waals surface area contributed by atoms with Crippen molar-refractivity contribution in [1.82, 2.24) is 15.1 Å². The van der Waals surface area contributed by atoms with E-state index in [0.717, 1.165) is 38.6 Å². The molecule has 17 heavy (non-hydrogen) atoms. The first-order chi connectivity index (χ1) is 8.33. The molecule has 1 aromatic rings. The van der Waals surface area contributed by atoms with Crippen LogP contribution in [0.2, 0.25) is 0 Å². The molecule has 0 bridgehead atoms. The Labute approximate surface area is 102 Å². The van der Waals surface area contributed by atoms with Crippen molar-refractivity contribution in [2.45, 2.75) is 51.2 Å². The van der Waals surface area contributed by atoms with Crippen molar-refractivity contribution in [2.24, 2.45) is 0 Å². The van der Waals surface area contributed by atoms with E-state index in [1.165, 1.54) is 24.1 Å². The van der Waals surface area contributed by atoms with Gasteiger partial charge in [0, 0.05) is 37.6 Å². The number of rotatable bonds is 4. The summed E-state index contributed by atoms with van der Waals surface area (Å²) in [4.78, 5) is 0. The van der Waals surface area contributed by atoms with Gasteiger partial charge >= 0.3 is 0 Å². The lowest BCUT2D eigenvalue weighted by atomic mass is 10.1. The Morgan fingerprint density at radius 3 is 2.82 bits per heavy atom. The van der Waals surface area contributed by atoms with Gasteiger partial charge in [-0.3, -0.25) is 4.68 Å². The van der Waals surface area contributed by atoms with Crippen molar-refractivity contribution in [3.63, 3.8) is 0 Å². The molecule has 4 nitrogen and oxygen atoms in total. The third kappa shape index (κ3) is 2.69. The molecule has 1 aliphatic carbocycles. The van der Waals surface area contributed by atoms with Crippen LogP contribution in [0.1, 0.15) is 43.0 Å². The normalized spacial score (nSPS) is 21.9. The summed E-state index contributed by atoms with van der Waals surface area (Å²) in [5.74, 6) is 0. The van der Waals surface area contributed by atoms with Gasteiger partial charge in [0.15, 0.2) is 0 Å². The molecule has 2 aliphatic rings. The summed E-state index contributed by atoms with van der Waals surface area (Å²) in [5.41, 5.74) is 2.52. The fourth-order valence-electron chi connectivity index (χ4n) is 2.37. The van der Waals surface area contributed by atoms with Crippen molar-refractivity contribution in [1.29, 1.82) is 0 Å². The van der Waals surface area contributed by atoms with Gasteiger partial charge in [-0.25, -0.2) is 0 Å². The number of nitrogens with one attached hydrogen (secondary N) is 1. The van der Waals surface area contributed by atoms with Crippen molar-refractivity contribution >= 4 is 0 Å². The van der Waals surface area contributed by atoms with E-state index < -0.39 is 0 Å². The topological polar surface area (TPSA) is 39.1 Å². The molecule has 3 rings (SSSR count). The molecule has 0 spiro atoms. The molecular formula is C13H21N3O. The number of ether oxygens (including phenoxy) is 1. The maximum atomic E-state index is 5.39. The molecule has 0 atom stereocenters. The summed E-state index contributed by atoms with van der Waals surface area (Å²) in [6.45, 7) is 4.83. The zero-order valence-corrected chi connectivity index (χ0v) is 10.5. The van der Waals surface area contributed by atoms with Gasteiger partial charge < -0.3 is 10.1 Å². The molecule has 0 aromatic carbocycles. The van der Waals surface area contributed by atoms with Gasteiger partial charge in [-0.05, 0) is 32.6 Å². The molecule has 1 saturated carbocycles. The molecular weight excluding hydrogens is 214 g/mol. The van der Waals surface area contributed by atoms with E-state index in [0.29, 0.717) is 6.04 Å². The predicted octanol–water partition coefficient (Wildman–Crippen LogP) is 1.80. The first kappa shape index (κ1) is 11.2. The third-order valence-electron chi connectivity index (χ3n) is 3.74. The highest BCUT2D eigenvalue weighted by Crippen LogP contribution is 2.23. The van der Waals surface area contributed by atoms with Gasteiger partial charge in [0.1, 0.15) is 0 Å². The Morgan fingerprint density at radius 1 is 1.35 bits per heavy atom. The fourth-order valence-corrected chi connectivity index (χ4v) is 2.37. The van der Waals surface area contributed by atoms with Crippen molar-refractivity contribution < 1.29 is 4.74 Å². The smallest absolute Gasteiger partial charge is 0.0638 e. The molecule has 0 amide bonds. The summed E-state index contributed by atoms with van der Waals surface area (Å²) in [5, 5.41) is 8.21. The number of hydrogen-bond acceptors (Lipinski definition) is 3. The lowest BCUT2D eigenvalue weighted by Gasteiger charge is -2.22. The molecule has 4 heteroatoms. The zero-order valence-electron chi connectivity index (χ0n) is 10.5. The molecule has 2 heterocycles. The number of hydrogen-bond donors (Lipinski definition) is 1. The molecule has 1 aliphatic heterocycles. The van der Waals surface area contributed by atoms with Crippen LogP contribution in [-0.4, -0.2) is 29.0 Å². The maximum absolute atomic E-state index is 5.39. The second-order valence-electron chi connectivity index (χ2n) is 5.22. The maximum Gasteiger partial charge on any atom is 0.0638 e. The summed E-state index contributed by atoms with van der Waals surface area (Å²) < 4.78 is 7.55. The van der Waals surface area contributed by atoms with E-state index in [9.17, 15) is 0 Å². The summed E-state index contributed by atoms with van der Waals surface area (Å²) in [7, 11) is 0. The minimum atomic E-state index is 0.539. The number of nitrogens with zero attached hydrogens (tertiary/aromatic N) is 2. The van der Waals surface area contributed by atoms with E-state index >= 15 is 0 Å². The zero-order chi connectivity index (χ0) is 11.7. The Hall–Kier alpha value is -0.870. The highest BCUT2D eigenvalue weighted by atomic mass is 16.5. The molecule has 2 fully saturated rings. The van der Waals surface area contributed by atoms with E-state index in [-0.39, 0.29) is 0 Å². The van der Waals surface area contributed by atoms with Crippen LogP contribution in [0.4, 0.5) is 0 Å². The largest absolute Gasteiger partial charge is 0.381 e. The molecule has 0 unspecified atom stereocenters. The quantitative estimate of drug-likeness (QED) is 0.865. The minimum absolute atomic E-state index is 0.539. The van der Waals surface area contributed by atoms with Gasteiger partial charge in [-0.15, -0.1) is 0 Å². The van der Waals surface area contributed by atoms with Gasteiger partial charge in [-0.2, -0.15) is 5.10 Å². The molecule has 94 valence electrons. The molecule has 1 aromatic heterocycles. The predicted molar refractivity (Wildman–Crippen MR) is 65.9 cm³/mol. The Bertz CT molecular complexity index is 378. The van der Waals surface area contributed by atoms with E-state index in [4.69, 9.17) is 4.74 Å². The van der Waals surface area contributed by atoms with Crippen molar-refractivity contribution in [3.05, 3.63) is 17.5 Å². The average molecular weight is 235 g/mol. The second-order valence-corrected chi connectivity index (χ2v) is 5.22. The van der Waals surface area contributed by atoms with Crippen LogP contribution in [0.25, 0.3) is 0 Å². The van der Waals surface area contributed by atoms with E-state index in [1.807, 2.05) is 0 Å². The lowest BCUT2D eigenvalue weighted by Crippen LogP contribution is -2.20. The van der Waals surface area contributed by atoms with Crippen LogP contribution < -0.4 is 5.32 Å². The highest BCUT2D eigenvalue weighted by molar-refractivity contribution is 5.16. The highest BCUT2D eigenvalue weighted by Gasteiger charge is 2.22. The van der Waals surface area contributed by atoms with Crippen LogP contribution >= 0.6 is 0 Å². The van der Waals surface area contributed by atoms with Crippen LogP contribution in [0, 0.1) is 6.92 Å². The fraction of sp³-hybridized carbons (Fsp3) is 0.769. The van der Waals surface area contributed by atoms with Gasteiger partial charge in [-0.1, -0.05) is 0 Å². The molecule has 1 saturated heterocycles. The first-order valence-electron chi connectivity index (χ1n) is 6.68. The molecule has 1 N–H and O–H groups in total.